The average molecular weight is 233 g/mol. The molecule has 0 saturated carbocycles. The molecule has 0 aromatic carbocycles. The Hall–Kier alpha value is -0.850. The number of nitrogens with zero attached hydrogens (tertiary/aromatic N) is 1. The van der Waals surface area contributed by atoms with Gasteiger partial charge in [0.05, 0.1) is 12.1 Å². The van der Waals surface area contributed by atoms with Crippen LogP contribution in [0.3, 0.4) is 0 Å². The molecule has 1 aliphatic heterocycles. The van der Waals surface area contributed by atoms with Crippen LogP contribution in [0, 0.1) is 0 Å². The molecule has 1 rings (SSSR count). The van der Waals surface area contributed by atoms with Crippen LogP contribution in [0.5, 0.6) is 0 Å². The lowest BCUT2D eigenvalue weighted by molar-refractivity contribution is -0.128. The van der Waals surface area contributed by atoms with E-state index in [4.69, 9.17) is 14.2 Å². The minimum absolute atomic E-state index is 0.295. The molecule has 6 heteroatoms. The zero-order valence-electron chi connectivity index (χ0n) is 10.0. The van der Waals surface area contributed by atoms with Gasteiger partial charge in [0.25, 0.3) is 0 Å². The number of likely N-dealkylation sites (N-methyl/N-ethyl adjacent to an activating group) is 1. The molecule has 1 amide bonds. The van der Waals surface area contributed by atoms with Gasteiger partial charge in [-0.3, -0.25) is 0 Å². The first-order valence-electron chi connectivity index (χ1n) is 5.18. The van der Waals surface area contributed by atoms with Gasteiger partial charge in [0, 0.05) is 27.7 Å². The Labute approximate surface area is 95.1 Å². The number of carbonyl (C=O) groups excluding carboxylic acids is 1. The maximum Gasteiger partial charge on any atom is 0.410 e. The molecule has 6 nitrogen and oxygen atoms in total. The lowest BCUT2D eigenvalue weighted by atomic mass is 10.0. The topological polar surface area (TPSA) is 68.2 Å². The second-order valence-electron chi connectivity index (χ2n) is 3.89. The number of hydrogen-bond donors (Lipinski definition) is 1. The summed E-state index contributed by atoms with van der Waals surface area (Å²) in [5.74, 6) is 0. The van der Waals surface area contributed by atoms with Crippen molar-refractivity contribution < 1.29 is 24.1 Å². The summed E-state index contributed by atoms with van der Waals surface area (Å²) in [4.78, 5) is 12.7. The highest BCUT2D eigenvalue weighted by molar-refractivity contribution is 5.70. The predicted molar refractivity (Wildman–Crippen MR) is 55.9 cm³/mol. The van der Waals surface area contributed by atoms with Crippen molar-refractivity contribution in [1.82, 2.24) is 4.90 Å². The Morgan fingerprint density at radius 1 is 1.50 bits per heavy atom. The third-order valence-electron chi connectivity index (χ3n) is 2.86. The molecule has 94 valence electrons. The summed E-state index contributed by atoms with van der Waals surface area (Å²) in [7, 11) is 4.61. The number of methoxy groups -OCH3 is 2. The lowest BCUT2D eigenvalue weighted by Crippen LogP contribution is -2.44. The predicted octanol–water partition coefficient (Wildman–Crippen LogP) is 0.195. The summed E-state index contributed by atoms with van der Waals surface area (Å²) in [5, 5.41) is 10.0. The first-order chi connectivity index (χ1) is 7.51. The Morgan fingerprint density at radius 3 is 2.44 bits per heavy atom. The minimum Gasteiger partial charge on any atom is -0.444 e. The van der Waals surface area contributed by atoms with Crippen molar-refractivity contribution in [3.05, 3.63) is 0 Å². The van der Waals surface area contributed by atoms with Crippen molar-refractivity contribution >= 4 is 6.09 Å². The molecule has 1 fully saturated rings. The number of aliphatic hydroxyl groups excluding tert-OH is 1. The van der Waals surface area contributed by atoms with E-state index in [2.05, 4.69) is 0 Å². The van der Waals surface area contributed by atoms with E-state index in [0.717, 1.165) is 0 Å². The number of rotatable bonds is 5. The number of aliphatic hydroxyl groups is 1. The highest BCUT2D eigenvalue weighted by Gasteiger charge is 2.41. The summed E-state index contributed by atoms with van der Waals surface area (Å²) in [5.41, 5.74) is 0. The van der Waals surface area contributed by atoms with Crippen LogP contribution in [0.1, 0.15) is 13.3 Å². The van der Waals surface area contributed by atoms with Gasteiger partial charge in [-0.15, -0.1) is 0 Å². The van der Waals surface area contributed by atoms with Crippen molar-refractivity contribution in [2.24, 2.45) is 0 Å². The maximum atomic E-state index is 11.3. The minimum atomic E-state index is -0.739. The third kappa shape index (κ3) is 2.63. The van der Waals surface area contributed by atoms with Gasteiger partial charge in [-0.25, -0.2) is 4.79 Å². The molecule has 0 spiro atoms. The molecule has 0 aromatic rings. The van der Waals surface area contributed by atoms with Crippen molar-refractivity contribution in [2.45, 2.75) is 37.9 Å². The Balaban J connectivity index is 2.59. The number of hydrogen-bond acceptors (Lipinski definition) is 5. The van der Waals surface area contributed by atoms with Crippen LogP contribution >= 0.6 is 0 Å². The average Bonchev–Trinajstić information content (AvgIpc) is 2.49. The molecular formula is C10H19NO5. The second-order valence-corrected chi connectivity index (χ2v) is 3.89. The Morgan fingerprint density at radius 2 is 2.06 bits per heavy atom. The van der Waals surface area contributed by atoms with Crippen LogP contribution in [0.15, 0.2) is 0 Å². The van der Waals surface area contributed by atoms with E-state index in [1.54, 1.807) is 14.0 Å². The first kappa shape index (κ1) is 13.2. The number of cyclic esters (lactones) is 1. The van der Waals surface area contributed by atoms with E-state index in [1.807, 2.05) is 0 Å². The van der Waals surface area contributed by atoms with Gasteiger partial charge < -0.3 is 24.2 Å². The lowest BCUT2D eigenvalue weighted by Gasteiger charge is -2.27. The molecule has 0 bridgehead atoms. The monoisotopic (exact) mass is 233 g/mol. The van der Waals surface area contributed by atoms with Crippen molar-refractivity contribution in [1.29, 1.82) is 0 Å². The fourth-order valence-electron chi connectivity index (χ4n) is 1.94. The van der Waals surface area contributed by atoms with E-state index < -0.39 is 18.5 Å². The molecule has 1 aliphatic rings. The van der Waals surface area contributed by atoms with Crippen molar-refractivity contribution in [2.75, 3.05) is 21.3 Å². The van der Waals surface area contributed by atoms with E-state index in [1.165, 1.54) is 19.1 Å². The molecule has 0 aliphatic carbocycles. The van der Waals surface area contributed by atoms with Gasteiger partial charge in [0.1, 0.15) is 6.10 Å². The molecule has 0 radical (unpaired) electrons. The van der Waals surface area contributed by atoms with E-state index >= 15 is 0 Å². The fourth-order valence-corrected chi connectivity index (χ4v) is 1.94. The molecule has 1 heterocycles. The van der Waals surface area contributed by atoms with Gasteiger partial charge in [-0.05, 0) is 6.92 Å². The van der Waals surface area contributed by atoms with Crippen LogP contribution in [-0.4, -0.2) is 61.9 Å². The fraction of sp³-hybridized carbons (Fsp3) is 0.900. The van der Waals surface area contributed by atoms with Crippen molar-refractivity contribution in [3.63, 3.8) is 0 Å². The number of carbonyl (C=O) groups is 1. The van der Waals surface area contributed by atoms with Crippen LogP contribution in [0.25, 0.3) is 0 Å². The zero-order valence-corrected chi connectivity index (χ0v) is 10.0. The summed E-state index contributed by atoms with van der Waals surface area (Å²) >= 11 is 0. The van der Waals surface area contributed by atoms with E-state index in [0.29, 0.717) is 6.42 Å². The van der Waals surface area contributed by atoms with Crippen LogP contribution in [0.4, 0.5) is 4.79 Å². The number of amides is 1. The summed E-state index contributed by atoms with van der Waals surface area (Å²) < 4.78 is 15.0. The molecular weight excluding hydrogens is 214 g/mol. The maximum absolute atomic E-state index is 11.3. The SMILES string of the molecule is COC(C[C@@H](O)[C@H]1[C@@H](C)OC(=O)N1C)OC. The molecule has 3 atom stereocenters. The highest BCUT2D eigenvalue weighted by Crippen LogP contribution is 2.23. The summed E-state index contributed by atoms with van der Waals surface area (Å²) in [6, 6.07) is -0.361. The Kier molecular flexibility index (Phi) is 4.52. The highest BCUT2D eigenvalue weighted by atomic mass is 16.7. The van der Waals surface area contributed by atoms with Crippen molar-refractivity contribution in [3.8, 4) is 0 Å². The molecule has 16 heavy (non-hydrogen) atoms. The third-order valence-corrected chi connectivity index (χ3v) is 2.86. The van der Waals surface area contributed by atoms with Gasteiger partial charge >= 0.3 is 6.09 Å². The van der Waals surface area contributed by atoms with Crippen LogP contribution < -0.4 is 0 Å². The second kappa shape index (κ2) is 5.47. The molecule has 1 N–H and O–H groups in total. The van der Waals surface area contributed by atoms with Gasteiger partial charge in [0.15, 0.2) is 6.29 Å². The quantitative estimate of drug-likeness (QED) is 0.687. The number of ether oxygens (including phenoxy) is 3. The zero-order chi connectivity index (χ0) is 12.3. The standard InChI is InChI=1S/C10H19NO5/c1-6-9(11(2)10(13)16-6)7(12)5-8(14-3)15-4/h6-9,12H,5H2,1-4H3/t6-,7-,9-/m1/s1. The normalized spacial score (nSPS) is 27.4. The largest absolute Gasteiger partial charge is 0.444 e. The van der Waals surface area contributed by atoms with Gasteiger partial charge in [-0.1, -0.05) is 0 Å². The molecule has 0 unspecified atom stereocenters. The smallest absolute Gasteiger partial charge is 0.410 e. The summed E-state index contributed by atoms with van der Waals surface area (Å²) in [6.45, 7) is 1.75. The van der Waals surface area contributed by atoms with Gasteiger partial charge in [0.2, 0.25) is 0 Å². The van der Waals surface area contributed by atoms with Crippen LogP contribution in [0.2, 0.25) is 0 Å². The van der Waals surface area contributed by atoms with Crippen LogP contribution in [-0.2, 0) is 14.2 Å². The molecule has 1 saturated heterocycles. The molecule has 0 aromatic heterocycles. The summed E-state index contributed by atoms with van der Waals surface area (Å²) in [6.07, 6.45) is -1.67. The van der Waals surface area contributed by atoms with E-state index in [9.17, 15) is 9.90 Å². The first-order valence-corrected chi connectivity index (χ1v) is 5.18. The van der Waals surface area contributed by atoms with Gasteiger partial charge in [-0.2, -0.15) is 0 Å². The van der Waals surface area contributed by atoms with E-state index in [-0.39, 0.29) is 12.1 Å². The Bertz CT molecular complexity index is 243.